The average Bonchev–Trinajstić information content (AvgIpc) is 3.43. The van der Waals surface area contributed by atoms with Gasteiger partial charge in [0.1, 0.15) is 12.2 Å². The Bertz CT molecular complexity index is 726. The second kappa shape index (κ2) is 9.48. The average molecular weight is 417 g/mol. The minimum atomic E-state index is -0.537. The van der Waals surface area contributed by atoms with Gasteiger partial charge < -0.3 is 18.9 Å². The zero-order valence-corrected chi connectivity index (χ0v) is 17.7. The van der Waals surface area contributed by atoms with E-state index in [2.05, 4.69) is 6.92 Å². The van der Waals surface area contributed by atoms with Crippen LogP contribution < -0.4 is 0 Å². The van der Waals surface area contributed by atoms with Crippen molar-refractivity contribution < 1.29 is 28.5 Å². The number of carbonyl (C=O) groups excluding carboxylic acids is 2. The smallest absolute Gasteiger partial charge is 0.338 e. The van der Waals surface area contributed by atoms with Crippen LogP contribution in [0, 0.1) is 11.8 Å². The van der Waals surface area contributed by atoms with Crippen LogP contribution in [-0.4, -0.2) is 43.1 Å². The van der Waals surface area contributed by atoms with Crippen molar-refractivity contribution >= 4 is 11.9 Å². The number of fused-ring (bicyclic) bond motifs is 1. The molecule has 2 aliphatic heterocycles. The van der Waals surface area contributed by atoms with Crippen LogP contribution in [0.3, 0.4) is 0 Å². The maximum absolute atomic E-state index is 12.6. The van der Waals surface area contributed by atoms with E-state index in [0.29, 0.717) is 31.6 Å². The lowest BCUT2D eigenvalue weighted by molar-refractivity contribution is -0.171. The molecular weight excluding hydrogens is 384 g/mol. The quantitative estimate of drug-likeness (QED) is 0.442. The van der Waals surface area contributed by atoms with Gasteiger partial charge in [-0.25, -0.2) is 4.79 Å². The lowest BCUT2D eigenvalue weighted by Crippen LogP contribution is -2.33. The van der Waals surface area contributed by atoms with E-state index in [1.54, 1.807) is 12.1 Å². The van der Waals surface area contributed by atoms with E-state index in [1.807, 2.05) is 18.2 Å². The van der Waals surface area contributed by atoms with Crippen molar-refractivity contribution in [3.63, 3.8) is 0 Å². The maximum Gasteiger partial charge on any atom is 0.338 e. The van der Waals surface area contributed by atoms with Gasteiger partial charge in [-0.3, -0.25) is 4.79 Å². The van der Waals surface area contributed by atoms with Gasteiger partial charge in [-0.15, -0.1) is 0 Å². The molecule has 3 aliphatic rings. The second-order valence-corrected chi connectivity index (χ2v) is 8.71. The van der Waals surface area contributed by atoms with Crippen LogP contribution >= 0.6 is 0 Å². The SMILES string of the molecule is CCCCCC1(CC[C@H]2[C@H](OC(=O)c3ccccc3)CC3OC(=O)C[C@@H]32)OCCO1. The Morgan fingerprint density at radius 2 is 1.90 bits per heavy atom. The molecule has 1 aromatic carbocycles. The Morgan fingerprint density at radius 3 is 2.63 bits per heavy atom. The number of benzene rings is 1. The van der Waals surface area contributed by atoms with Crippen LogP contribution in [0.5, 0.6) is 0 Å². The molecule has 0 spiro atoms. The number of hydrogen-bond acceptors (Lipinski definition) is 6. The molecule has 0 amide bonds. The van der Waals surface area contributed by atoms with E-state index < -0.39 is 5.79 Å². The molecule has 0 radical (unpaired) electrons. The number of rotatable bonds is 9. The summed E-state index contributed by atoms with van der Waals surface area (Å²) in [5.74, 6) is -0.827. The molecule has 4 rings (SSSR count). The third kappa shape index (κ3) is 4.70. The fraction of sp³-hybridized carbons (Fsp3) is 0.667. The highest BCUT2D eigenvalue weighted by Gasteiger charge is 2.52. The summed E-state index contributed by atoms with van der Waals surface area (Å²) in [4.78, 5) is 24.5. The molecule has 0 N–H and O–H groups in total. The lowest BCUT2D eigenvalue weighted by atomic mass is 9.86. The largest absolute Gasteiger partial charge is 0.462 e. The predicted molar refractivity (Wildman–Crippen MR) is 110 cm³/mol. The standard InChI is InChI=1S/C24H32O6/c1-2-3-7-11-24(27-13-14-28-24)12-10-18-19-15-22(25)29-21(19)16-20(18)30-23(26)17-8-5-4-6-9-17/h4-6,8-9,18-21H,2-3,7,10-16H2,1H3/t18-,19-,20-,21?/m1/s1. The zero-order valence-electron chi connectivity index (χ0n) is 17.7. The minimum absolute atomic E-state index is 0.0740. The fourth-order valence-corrected chi connectivity index (χ4v) is 5.21. The highest BCUT2D eigenvalue weighted by atomic mass is 16.7. The van der Waals surface area contributed by atoms with Crippen LogP contribution in [0.4, 0.5) is 0 Å². The molecule has 164 valence electrons. The molecule has 1 aliphatic carbocycles. The van der Waals surface area contributed by atoms with E-state index in [0.717, 1.165) is 38.5 Å². The van der Waals surface area contributed by atoms with Gasteiger partial charge in [-0.1, -0.05) is 38.0 Å². The molecule has 6 heteroatoms. The second-order valence-electron chi connectivity index (χ2n) is 8.71. The molecule has 2 saturated heterocycles. The van der Waals surface area contributed by atoms with Gasteiger partial charge in [0.25, 0.3) is 0 Å². The first kappa shape index (κ1) is 21.3. The summed E-state index contributed by atoms with van der Waals surface area (Å²) >= 11 is 0. The minimum Gasteiger partial charge on any atom is -0.462 e. The third-order valence-electron chi connectivity index (χ3n) is 6.76. The van der Waals surface area contributed by atoms with E-state index in [4.69, 9.17) is 18.9 Å². The molecule has 4 atom stereocenters. The van der Waals surface area contributed by atoms with Crippen molar-refractivity contribution in [1.82, 2.24) is 0 Å². The Kier molecular flexibility index (Phi) is 6.74. The summed E-state index contributed by atoms with van der Waals surface area (Å²) in [5, 5.41) is 0. The topological polar surface area (TPSA) is 71.1 Å². The number of hydrogen-bond donors (Lipinski definition) is 0. The first-order valence-corrected chi connectivity index (χ1v) is 11.3. The van der Waals surface area contributed by atoms with E-state index >= 15 is 0 Å². The van der Waals surface area contributed by atoms with E-state index in [1.165, 1.54) is 0 Å². The third-order valence-corrected chi connectivity index (χ3v) is 6.76. The summed E-state index contributed by atoms with van der Waals surface area (Å²) in [7, 11) is 0. The van der Waals surface area contributed by atoms with Crippen LogP contribution in [-0.2, 0) is 23.7 Å². The van der Waals surface area contributed by atoms with Gasteiger partial charge in [0.05, 0.1) is 25.2 Å². The summed E-state index contributed by atoms with van der Waals surface area (Å²) in [6, 6.07) is 9.05. The Hall–Kier alpha value is -1.92. The van der Waals surface area contributed by atoms with Gasteiger partial charge >= 0.3 is 11.9 Å². The Labute approximate surface area is 178 Å². The van der Waals surface area contributed by atoms with Gasteiger partial charge in [0, 0.05) is 31.1 Å². The first-order valence-electron chi connectivity index (χ1n) is 11.3. The molecular formula is C24H32O6. The molecule has 1 saturated carbocycles. The number of ether oxygens (including phenoxy) is 4. The summed E-state index contributed by atoms with van der Waals surface area (Å²) in [5.41, 5.74) is 0.545. The summed E-state index contributed by atoms with van der Waals surface area (Å²) in [6.07, 6.45) is 6.36. The fourth-order valence-electron chi connectivity index (χ4n) is 5.21. The molecule has 6 nitrogen and oxygen atoms in total. The number of carbonyl (C=O) groups is 2. The van der Waals surface area contributed by atoms with E-state index in [9.17, 15) is 9.59 Å². The van der Waals surface area contributed by atoms with Crippen LogP contribution in [0.2, 0.25) is 0 Å². The normalized spacial score (nSPS) is 29.6. The number of esters is 2. The molecule has 30 heavy (non-hydrogen) atoms. The zero-order chi connectivity index (χ0) is 21.0. The molecule has 3 fully saturated rings. The lowest BCUT2D eigenvalue weighted by Gasteiger charge is -2.31. The predicted octanol–water partition coefficient (Wildman–Crippen LogP) is 4.27. The van der Waals surface area contributed by atoms with Crippen LogP contribution in [0.25, 0.3) is 0 Å². The first-order chi connectivity index (χ1) is 14.6. The van der Waals surface area contributed by atoms with Crippen LogP contribution in [0.15, 0.2) is 30.3 Å². The molecule has 0 bridgehead atoms. The monoisotopic (exact) mass is 416 g/mol. The highest BCUT2D eigenvalue weighted by Crippen LogP contribution is 2.46. The summed E-state index contributed by atoms with van der Waals surface area (Å²) < 4.78 is 23.5. The van der Waals surface area contributed by atoms with Crippen molar-refractivity contribution in [1.29, 1.82) is 0 Å². The van der Waals surface area contributed by atoms with Crippen molar-refractivity contribution in [2.75, 3.05) is 13.2 Å². The number of unbranched alkanes of at least 4 members (excludes halogenated alkanes) is 2. The summed E-state index contributed by atoms with van der Waals surface area (Å²) in [6.45, 7) is 3.43. The Balaban J connectivity index is 1.43. The van der Waals surface area contributed by atoms with Crippen molar-refractivity contribution in [3.05, 3.63) is 35.9 Å². The van der Waals surface area contributed by atoms with Crippen molar-refractivity contribution in [2.45, 2.75) is 76.3 Å². The molecule has 2 heterocycles. The van der Waals surface area contributed by atoms with Gasteiger partial charge in [-0.2, -0.15) is 0 Å². The molecule has 1 unspecified atom stereocenters. The van der Waals surface area contributed by atoms with E-state index in [-0.39, 0.29) is 36.0 Å². The molecule has 0 aromatic heterocycles. The van der Waals surface area contributed by atoms with Crippen molar-refractivity contribution in [2.24, 2.45) is 11.8 Å². The highest BCUT2D eigenvalue weighted by molar-refractivity contribution is 5.89. The Morgan fingerprint density at radius 1 is 1.13 bits per heavy atom. The van der Waals surface area contributed by atoms with Gasteiger partial charge in [-0.05, 0) is 25.0 Å². The molecule has 1 aromatic rings. The van der Waals surface area contributed by atoms with Gasteiger partial charge in [0.2, 0.25) is 0 Å². The van der Waals surface area contributed by atoms with Crippen molar-refractivity contribution in [3.8, 4) is 0 Å². The van der Waals surface area contributed by atoms with Gasteiger partial charge in [0.15, 0.2) is 5.79 Å². The van der Waals surface area contributed by atoms with Crippen LogP contribution in [0.1, 0.15) is 68.6 Å². The maximum atomic E-state index is 12.6.